The van der Waals surface area contributed by atoms with Gasteiger partial charge in [-0.2, -0.15) is 0 Å². The average Bonchev–Trinajstić information content (AvgIpc) is 2.91. The van der Waals surface area contributed by atoms with Crippen LogP contribution in [-0.2, 0) is 0 Å². The monoisotopic (exact) mass is 484 g/mol. The van der Waals surface area contributed by atoms with E-state index >= 15 is 0 Å². The van der Waals surface area contributed by atoms with Gasteiger partial charge in [-0.05, 0) is 51.2 Å². The number of nitrogens with zero attached hydrogens (tertiary/aromatic N) is 2. The zero-order valence-electron chi connectivity index (χ0n) is 20.2. The van der Waals surface area contributed by atoms with Crippen LogP contribution in [0.25, 0.3) is 0 Å². The van der Waals surface area contributed by atoms with Crippen LogP contribution in [0.2, 0.25) is 0 Å². The largest absolute Gasteiger partial charge is 0.300 e. The molecule has 0 saturated carbocycles. The van der Waals surface area contributed by atoms with Gasteiger partial charge in [0.2, 0.25) is 0 Å². The van der Waals surface area contributed by atoms with Crippen LogP contribution in [0, 0.1) is 0 Å². The Morgan fingerprint density at radius 2 is 0.647 bits per heavy atom. The first kappa shape index (κ1) is 24.8. The van der Waals surface area contributed by atoms with Crippen molar-refractivity contribution in [2.75, 3.05) is 39.8 Å². The van der Waals surface area contributed by atoms with Gasteiger partial charge in [-0.25, -0.2) is 0 Å². The van der Waals surface area contributed by atoms with E-state index < -0.39 is 15.8 Å². The lowest BCUT2D eigenvalue weighted by Crippen LogP contribution is -2.34. The van der Waals surface area contributed by atoms with Crippen molar-refractivity contribution in [2.24, 2.45) is 0 Å². The predicted molar refractivity (Wildman–Crippen MR) is 153 cm³/mol. The van der Waals surface area contributed by atoms with Gasteiger partial charge in [-0.15, -0.1) is 0 Å². The molecule has 4 aromatic rings. The highest BCUT2D eigenvalue weighted by atomic mass is 31.1. The fourth-order valence-electron chi connectivity index (χ4n) is 4.02. The van der Waals surface area contributed by atoms with Crippen molar-refractivity contribution in [3.8, 4) is 0 Å². The third-order valence-corrected chi connectivity index (χ3v) is 11.1. The quantitative estimate of drug-likeness (QED) is 0.276. The lowest BCUT2D eigenvalue weighted by atomic mass is 10.4. The van der Waals surface area contributed by atoms with Gasteiger partial charge in [0.05, 0.1) is 0 Å². The summed E-state index contributed by atoms with van der Waals surface area (Å²) < 4.78 is 0. The van der Waals surface area contributed by atoms with E-state index in [0.29, 0.717) is 0 Å². The van der Waals surface area contributed by atoms with Crippen LogP contribution >= 0.6 is 15.8 Å². The molecular formula is C30H34N2P2. The summed E-state index contributed by atoms with van der Waals surface area (Å²) in [7, 11) is 3.74. The second-order valence-corrected chi connectivity index (χ2v) is 13.0. The summed E-state index contributed by atoms with van der Waals surface area (Å²) in [5.41, 5.74) is 0. The lowest BCUT2D eigenvalue weighted by molar-refractivity contribution is 0.304. The fourth-order valence-corrected chi connectivity index (χ4v) is 8.65. The van der Waals surface area contributed by atoms with Gasteiger partial charge in [-0.3, -0.25) is 0 Å². The molecule has 0 fully saturated rings. The number of benzene rings is 4. The molecule has 2 nitrogen and oxygen atoms in total. The molecule has 0 unspecified atom stereocenters. The summed E-state index contributed by atoms with van der Waals surface area (Å²) in [4.78, 5) is 5.02. The Bertz CT molecular complexity index is 922. The molecule has 4 aromatic carbocycles. The van der Waals surface area contributed by atoms with E-state index in [2.05, 4.69) is 145 Å². The van der Waals surface area contributed by atoms with Crippen molar-refractivity contribution in [3.63, 3.8) is 0 Å². The van der Waals surface area contributed by atoms with Crippen molar-refractivity contribution in [1.29, 1.82) is 0 Å². The second kappa shape index (κ2) is 12.9. The first-order valence-electron chi connectivity index (χ1n) is 11.8. The minimum absolute atomic E-state index is 0.399. The summed E-state index contributed by atoms with van der Waals surface area (Å²) >= 11 is 0. The van der Waals surface area contributed by atoms with Crippen LogP contribution in [0.4, 0.5) is 0 Å². The van der Waals surface area contributed by atoms with Crippen LogP contribution in [0.15, 0.2) is 121 Å². The third-order valence-electron chi connectivity index (χ3n) is 5.90. The number of hydrogen-bond donors (Lipinski definition) is 0. The minimum atomic E-state index is -0.399. The summed E-state index contributed by atoms with van der Waals surface area (Å²) in [5, 5.41) is 5.78. The van der Waals surface area contributed by atoms with Crippen molar-refractivity contribution >= 4 is 37.1 Å². The molecule has 0 amide bonds. The van der Waals surface area contributed by atoms with E-state index in [1.807, 2.05) is 0 Å². The first-order chi connectivity index (χ1) is 16.7. The van der Waals surface area contributed by atoms with E-state index in [9.17, 15) is 0 Å². The van der Waals surface area contributed by atoms with Crippen LogP contribution in [-0.4, -0.2) is 49.6 Å². The third kappa shape index (κ3) is 7.08. The summed E-state index contributed by atoms with van der Waals surface area (Å²) in [6, 6.07) is 44.0. The summed E-state index contributed by atoms with van der Waals surface area (Å²) in [6.45, 7) is 2.11. The molecule has 0 bridgehead atoms. The molecule has 0 radical (unpaired) electrons. The molecule has 0 aliphatic heterocycles. The Balaban J connectivity index is 1.40. The van der Waals surface area contributed by atoms with Crippen molar-refractivity contribution in [2.45, 2.75) is 0 Å². The van der Waals surface area contributed by atoms with Gasteiger partial charge in [0.1, 0.15) is 0 Å². The van der Waals surface area contributed by atoms with E-state index in [4.69, 9.17) is 0 Å². The van der Waals surface area contributed by atoms with E-state index in [-0.39, 0.29) is 0 Å². The van der Waals surface area contributed by atoms with Crippen LogP contribution in [0.1, 0.15) is 0 Å². The van der Waals surface area contributed by atoms with E-state index in [1.54, 1.807) is 0 Å². The smallest absolute Gasteiger partial charge is 0.0263 e. The average molecular weight is 485 g/mol. The Hall–Kier alpha value is -2.34. The summed E-state index contributed by atoms with van der Waals surface area (Å²) in [5.74, 6) is 0. The SMILES string of the molecule is CN(CCN(C)CP(c1ccccc1)c1ccccc1)CP(c1ccccc1)c1ccccc1. The molecule has 174 valence electrons. The van der Waals surface area contributed by atoms with Crippen molar-refractivity contribution < 1.29 is 0 Å². The van der Waals surface area contributed by atoms with Gasteiger partial charge in [0.15, 0.2) is 0 Å². The Morgan fingerprint density at radius 3 is 0.882 bits per heavy atom. The van der Waals surface area contributed by atoms with Crippen molar-refractivity contribution in [3.05, 3.63) is 121 Å². The highest BCUT2D eigenvalue weighted by Gasteiger charge is 2.18. The fraction of sp³-hybridized carbons (Fsp3) is 0.200. The number of rotatable bonds is 11. The van der Waals surface area contributed by atoms with Gasteiger partial charge < -0.3 is 9.80 Å². The summed E-state index contributed by atoms with van der Waals surface area (Å²) in [6.07, 6.45) is 2.15. The molecule has 0 heterocycles. The molecule has 34 heavy (non-hydrogen) atoms. The molecule has 0 spiro atoms. The lowest BCUT2D eigenvalue weighted by Gasteiger charge is -2.29. The zero-order chi connectivity index (χ0) is 23.6. The standard InChI is InChI=1S/C30H34N2P2/c1-31(25-33(27-15-7-3-8-16-27)28-17-9-4-10-18-28)23-24-32(2)26-34(29-19-11-5-12-20-29)30-21-13-6-14-22-30/h3-22H,23-26H2,1-2H3. The number of hydrogen-bond acceptors (Lipinski definition) is 2. The van der Waals surface area contributed by atoms with Gasteiger partial charge in [-0.1, -0.05) is 121 Å². The van der Waals surface area contributed by atoms with Crippen LogP contribution in [0.3, 0.4) is 0 Å². The molecule has 0 aliphatic rings. The minimum Gasteiger partial charge on any atom is -0.300 e. The molecule has 4 heteroatoms. The Kier molecular flexibility index (Phi) is 9.43. The molecule has 0 aliphatic carbocycles. The molecule has 0 atom stereocenters. The first-order valence-corrected chi connectivity index (χ1v) is 14.9. The van der Waals surface area contributed by atoms with E-state index in [1.165, 1.54) is 21.2 Å². The molecular weight excluding hydrogens is 450 g/mol. The zero-order valence-corrected chi connectivity index (χ0v) is 22.0. The van der Waals surface area contributed by atoms with Crippen LogP contribution in [0.5, 0.6) is 0 Å². The van der Waals surface area contributed by atoms with Gasteiger partial charge in [0.25, 0.3) is 0 Å². The molecule has 0 aromatic heterocycles. The Morgan fingerprint density at radius 1 is 0.412 bits per heavy atom. The predicted octanol–water partition coefficient (Wildman–Crippen LogP) is 5.03. The number of likely N-dealkylation sites (N-methyl/N-ethyl adjacent to an activating group) is 2. The van der Waals surface area contributed by atoms with E-state index in [0.717, 1.165) is 25.7 Å². The van der Waals surface area contributed by atoms with Crippen molar-refractivity contribution in [1.82, 2.24) is 9.80 Å². The van der Waals surface area contributed by atoms with Gasteiger partial charge >= 0.3 is 0 Å². The maximum Gasteiger partial charge on any atom is 0.0263 e. The van der Waals surface area contributed by atoms with Gasteiger partial charge in [0, 0.05) is 25.7 Å². The van der Waals surface area contributed by atoms with Crippen LogP contribution < -0.4 is 21.2 Å². The Labute approximate surface area is 207 Å². The molecule has 4 rings (SSSR count). The normalized spacial score (nSPS) is 11.6. The highest BCUT2D eigenvalue weighted by molar-refractivity contribution is 7.73. The maximum absolute atomic E-state index is 2.51. The second-order valence-electron chi connectivity index (χ2n) is 8.64. The molecule has 0 saturated heterocycles. The molecule has 0 N–H and O–H groups in total. The maximum atomic E-state index is 2.51. The highest BCUT2D eigenvalue weighted by Crippen LogP contribution is 2.35. The topological polar surface area (TPSA) is 6.48 Å².